The van der Waals surface area contributed by atoms with Crippen molar-refractivity contribution in [1.29, 1.82) is 0 Å². The Bertz CT molecular complexity index is 1060. The van der Waals surface area contributed by atoms with E-state index in [4.69, 9.17) is 10.5 Å². The summed E-state index contributed by atoms with van der Waals surface area (Å²) in [5.41, 5.74) is 5.97. The Balaban J connectivity index is 2.05. The van der Waals surface area contributed by atoms with Gasteiger partial charge in [-0.1, -0.05) is 6.07 Å². The highest BCUT2D eigenvalue weighted by molar-refractivity contribution is 7.89. The number of hydrogen-bond acceptors (Lipinski definition) is 7. The lowest BCUT2D eigenvalue weighted by Crippen LogP contribution is -2.32. The van der Waals surface area contributed by atoms with Crippen molar-refractivity contribution in [2.45, 2.75) is 37.9 Å². The van der Waals surface area contributed by atoms with Gasteiger partial charge in [0.1, 0.15) is 0 Å². The molecule has 1 fully saturated rings. The lowest BCUT2D eigenvalue weighted by atomic mass is 10.1. The quantitative estimate of drug-likeness (QED) is 0.736. The highest BCUT2D eigenvalue weighted by Gasteiger charge is 2.32. The van der Waals surface area contributed by atoms with E-state index in [9.17, 15) is 18.0 Å². The first-order valence-electron chi connectivity index (χ1n) is 8.93. The van der Waals surface area contributed by atoms with Gasteiger partial charge in [-0.05, 0) is 38.0 Å². The van der Waals surface area contributed by atoms with Crippen molar-refractivity contribution < 1.29 is 22.7 Å². The second kappa shape index (κ2) is 7.90. The Morgan fingerprint density at radius 3 is 2.71 bits per heavy atom. The van der Waals surface area contributed by atoms with E-state index in [2.05, 4.69) is 4.74 Å². The second-order valence-corrected chi connectivity index (χ2v) is 8.54. The van der Waals surface area contributed by atoms with Crippen LogP contribution in [0, 0.1) is 6.92 Å². The van der Waals surface area contributed by atoms with Gasteiger partial charge >= 0.3 is 6.16 Å². The van der Waals surface area contributed by atoms with Crippen molar-refractivity contribution in [1.82, 2.24) is 8.87 Å². The summed E-state index contributed by atoms with van der Waals surface area (Å²) >= 11 is 0. The Morgan fingerprint density at radius 1 is 1.32 bits per heavy atom. The number of aromatic nitrogens is 1. The van der Waals surface area contributed by atoms with E-state index < -0.39 is 21.7 Å². The second-order valence-electron chi connectivity index (χ2n) is 6.63. The molecule has 1 aromatic heterocycles. The smallest absolute Gasteiger partial charge is 0.435 e. The van der Waals surface area contributed by atoms with Crippen LogP contribution in [0.3, 0.4) is 0 Å². The molecule has 1 atom stereocenters. The van der Waals surface area contributed by atoms with E-state index in [1.54, 1.807) is 19.9 Å². The number of rotatable bonds is 5. The van der Waals surface area contributed by atoms with Crippen LogP contribution >= 0.6 is 0 Å². The van der Waals surface area contributed by atoms with Crippen molar-refractivity contribution in [2.75, 3.05) is 19.7 Å². The first kappa shape index (κ1) is 20.3. The zero-order valence-corrected chi connectivity index (χ0v) is 16.6. The van der Waals surface area contributed by atoms with Crippen LogP contribution in [0.25, 0.3) is 10.8 Å². The van der Waals surface area contributed by atoms with Crippen molar-refractivity contribution in [3.8, 4) is 0 Å². The minimum atomic E-state index is -3.78. The van der Waals surface area contributed by atoms with Crippen LogP contribution in [0.15, 0.2) is 34.1 Å². The Labute approximate surface area is 162 Å². The maximum atomic E-state index is 13.1. The molecule has 2 aromatic rings. The molecule has 2 heterocycles. The monoisotopic (exact) mass is 409 g/mol. The summed E-state index contributed by atoms with van der Waals surface area (Å²) in [6.45, 7) is 3.78. The summed E-state index contributed by atoms with van der Waals surface area (Å²) in [5.74, 6) is 0. The molecule has 0 spiro atoms. The van der Waals surface area contributed by atoms with Gasteiger partial charge in [0.05, 0.1) is 11.5 Å². The van der Waals surface area contributed by atoms with Crippen LogP contribution in [0.4, 0.5) is 4.79 Å². The van der Waals surface area contributed by atoms with Gasteiger partial charge < -0.3 is 15.2 Å². The number of nitrogens with zero attached hydrogens (tertiary/aromatic N) is 2. The minimum absolute atomic E-state index is 0.0761. The molecule has 0 amide bonds. The fraction of sp³-hybridized carbons (Fsp3) is 0.444. The first-order chi connectivity index (χ1) is 13.3. The van der Waals surface area contributed by atoms with Crippen LogP contribution in [0.5, 0.6) is 0 Å². The van der Waals surface area contributed by atoms with Gasteiger partial charge in [0.2, 0.25) is 10.0 Å². The SMILES string of the molecule is CCOC(=O)OCn1cc(C)c2c(S(=O)(=O)N3CCC(N)C3)cccc2c1=O. The molecule has 0 saturated carbocycles. The molecule has 1 aliphatic heterocycles. The maximum Gasteiger partial charge on any atom is 0.510 e. The van der Waals surface area contributed by atoms with Crippen molar-refractivity contribution >= 4 is 27.0 Å². The van der Waals surface area contributed by atoms with Crippen LogP contribution in [0.1, 0.15) is 18.9 Å². The van der Waals surface area contributed by atoms with Gasteiger partial charge in [-0.3, -0.25) is 9.36 Å². The maximum absolute atomic E-state index is 13.1. The Hall–Kier alpha value is -2.43. The number of aryl methyl sites for hydroxylation is 1. The molecule has 0 aliphatic carbocycles. The standard InChI is InChI=1S/C18H23N3O6S/c1-3-26-18(23)27-11-20-9-12(2)16-14(17(20)22)5-4-6-15(16)28(24,25)21-8-7-13(19)10-21/h4-6,9,13H,3,7-8,10-11,19H2,1-2H3. The molecule has 9 nitrogen and oxygen atoms in total. The highest BCUT2D eigenvalue weighted by atomic mass is 32.2. The van der Waals surface area contributed by atoms with Crippen LogP contribution in [-0.2, 0) is 26.2 Å². The van der Waals surface area contributed by atoms with Crippen LogP contribution < -0.4 is 11.3 Å². The predicted octanol–water partition coefficient (Wildman–Crippen LogP) is 1.16. The molecule has 152 valence electrons. The summed E-state index contributed by atoms with van der Waals surface area (Å²) in [6, 6.07) is 4.39. The number of benzene rings is 1. The molecule has 10 heteroatoms. The van der Waals surface area contributed by atoms with E-state index >= 15 is 0 Å². The minimum Gasteiger partial charge on any atom is -0.435 e. The zero-order valence-electron chi connectivity index (χ0n) is 15.8. The summed E-state index contributed by atoms with van der Waals surface area (Å²) in [7, 11) is -3.78. The van der Waals surface area contributed by atoms with Crippen molar-refractivity contribution in [3.05, 3.63) is 40.3 Å². The van der Waals surface area contributed by atoms with Gasteiger partial charge in [-0.25, -0.2) is 13.2 Å². The average molecular weight is 409 g/mol. The van der Waals surface area contributed by atoms with Gasteiger partial charge in [0, 0.05) is 36.1 Å². The molecule has 1 aliphatic rings. The summed E-state index contributed by atoms with van der Waals surface area (Å²) in [5, 5.41) is 0.595. The number of fused-ring (bicyclic) bond motifs is 1. The normalized spacial score (nSPS) is 17.8. The molecule has 1 unspecified atom stereocenters. The number of nitrogens with two attached hydrogens (primary N) is 1. The van der Waals surface area contributed by atoms with Gasteiger partial charge in [-0.15, -0.1) is 0 Å². The third kappa shape index (κ3) is 3.75. The van der Waals surface area contributed by atoms with E-state index in [0.717, 1.165) is 0 Å². The molecule has 3 rings (SSSR count). The van der Waals surface area contributed by atoms with Gasteiger partial charge in [-0.2, -0.15) is 4.31 Å². The first-order valence-corrected chi connectivity index (χ1v) is 10.4. The van der Waals surface area contributed by atoms with E-state index in [1.807, 2.05) is 0 Å². The third-order valence-electron chi connectivity index (χ3n) is 4.65. The molecule has 2 N–H and O–H groups in total. The number of hydrogen-bond donors (Lipinski definition) is 1. The Morgan fingerprint density at radius 2 is 2.07 bits per heavy atom. The average Bonchev–Trinajstić information content (AvgIpc) is 3.10. The molecule has 28 heavy (non-hydrogen) atoms. The third-order valence-corrected chi connectivity index (χ3v) is 6.56. The van der Waals surface area contributed by atoms with E-state index in [1.165, 1.54) is 27.2 Å². The van der Waals surface area contributed by atoms with E-state index in [0.29, 0.717) is 23.9 Å². The fourth-order valence-electron chi connectivity index (χ4n) is 3.33. The predicted molar refractivity (Wildman–Crippen MR) is 102 cm³/mol. The number of pyridine rings is 1. The Kier molecular flexibility index (Phi) is 5.73. The lowest BCUT2D eigenvalue weighted by Gasteiger charge is -2.19. The lowest BCUT2D eigenvalue weighted by molar-refractivity contribution is 0.0361. The number of carbonyl (C=O) groups excluding carboxylic acids is 1. The molecular formula is C18H23N3O6S. The van der Waals surface area contributed by atoms with Crippen LogP contribution in [0.2, 0.25) is 0 Å². The molecular weight excluding hydrogens is 386 g/mol. The van der Waals surface area contributed by atoms with E-state index in [-0.39, 0.29) is 36.2 Å². The van der Waals surface area contributed by atoms with Crippen LogP contribution in [-0.4, -0.2) is 49.2 Å². The number of sulfonamides is 1. The molecule has 1 saturated heterocycles. The molecule has 0 bridgehead atoms. The summed E-state index contributed by atoms with van der Waals surface area (Å²) in [4.78, 5) is 24.3. The van der Waals surface area contributed by atoms with Gasteiger partial charge in [0.25, 0.3) is 5.56 Å². The largest absolute Gasteiger partial charge is 0.510 e. The van der Waals surface area contributed by atoms with Crippen molar-refractivity contribution in [3.63, 3.8) is 0 Å². The number of ether oxygens (including phenoxy) is 2. The zero-order chi connectivity index (χ0) is 20.5. The molecule has 0 radical (unpaired) electrons. The fourth-order valence-corrected chi connectivity index (χ4v) is 5.12. The topological polar surface area (TPSA) is 121 Å². The van der Waals surface area contributed by atoms with Crippen molar-refractivity contribution in [2.24, 2.45) is 5.73 Å². The highest BCUT2D eigenvalue weighted by Crippen LogP contribution is 2.28. The summed E-state index contributed by atoms with van der Waals surface area (Å²) in [6.07, 6.45) is 1.19. The number of carbonyl (C=O) groups is 1. The van der Waals surface area contributed by atoms with Gasteiger partial charge in [0.15, 0.2) is 6.73 Å². The molecule has 1 aromatic carbocycles. The summed E-state index contributed by atoms with van der Waals surface area (Å²) < 4.78 is 38.3.